The number of nitrogens with two attached hydrogens (primary N) is 1. The van der Waals surface area contributed by atoms with Gasteiger partial charge in [-0.2, -0.15) is 0 Å². The van der Waals surface area contributed by atoms with Crippen molar-refractivity contribution in [3.63, 3.8) is 0 Å². The number of aromatic nitrogens is 2. The van der Waals surface area contributed by atoms with Crippen LogP contribution < -0.4 is 11.1 Å². The van der Waals surface area contributed by atoms with Gasteiger partial charge < -0.3 is 15.6 Å². The van der Waals surface area contributed by atoms with Crippen molar-refractivity contribution < 1.29 is 9.45 Å². The van der Waals surface area contributed by atoms with Crippen LogP contribution in [0.4, 0.5) is 17.3 Å². The minimum Gasteiger partial charge on any atom is -0.378 e. The summed E-state index contributed by atoms with van der Waals surface area (Å²) in [7, 11) is 0. The van der Waals surface area contributed by atoms with Gasteiger partial charge in [-0.25, -0.2) is 4.98 Å². The lowest BCUT2D eigenvalue weighted by atomic mass is 10.3. The highest BCUT2D eigenvalue weighted by molar-refractivity contribution is 5.57. The zero-order valence-corrected chi connectivity index (χ0v) is 8.66. The molecule has 0 fully saturated rings. The zero-order chi connectivity index (χ0) is 12.3. The Kier molecular flexibility index (Phi) is 2.86. The molecule has 0 aliphatic carbocycles. The molecule has 8 heteroatoms. The summed E-state index contributed by atoms with van der Waals surface area (Å²) in [4.78, 5) is 13.8. The fourth-order valence-corrected chi connectivity index (χ4v) is 1.23. The Hall–Kier alpha value is -2.64. The van der Waals surface area contributed by atoms with E-state index in [-0.39, 0.29) is 11.5 Å². The third-order valence-electron chi connectivity index (χ3n) is 2.04. The lowest BCUT2D eigenvalue weighted by Gasteiger charge is -2.03. The molecule has 0 saturated carbocycles. The molecular formula is C9H9N5O3. The van der Waals surface area contributed by atoms with Crippen molar-refractivity contribution in [1.82, 2.24) is 10.1 Å². The number of nitrogens with one attached hydrogen (secondary N) is 1. The van der Waals surface area contributed by atoms with Gasteiger partial charge in [-0.05, 0) is 6.07 Å². The fraction of sp³-hybridized carbons (Fsp3) is 0.111. The highest BCUT2D eigenvalue weighted by Crippen LogP contribution is 2.20. The highest BCUT2D eigenvalue weighted by atomic mass is 16.6. The molecule has 0 radical (unpaired) electrons. The van der Waals surface area contributed by atoms with Gasteiger partial charge >= 0.3 is 5.69 Å². The topological polar surface area (TPSA) is 120 Å². The standard InChI is InChI=1S/C9H9N5O3/c10-9-7(14(15)16)1-2-8(12-9)11-5-6-3-4-17-13-6/h1-4H,5H2,(H3,10,11,12). The number of nitrogens with zero attached hydrogens (tertiary/aromatic N) is 3. The van der Waals surface area contributed by atoms with E-state index in [1.165, 1.54) is 18.4 Å². The van der Waals surface area contributed by atoms with Crippen molar-refractivity contribution in [2.24, 2.45) is 0 Å². The first-order valence-electron chi connectivity index (χ1n) is 4.71. The highest BCUT2D eigenvalue weighted by Gasteiger charge is 2.12. The first-order chi connectivity index (χ1) is 8.16. The molecule has 2 rings (SSSR count). The average molecular weight is 235 g/mol. The number of hydrogen-bond donors (Lipinski definition) is 2. The SMILES string of the molecule is Nc1nc(NCc2ccon2)ccc1[N+](=O)[O-]. The summed E-state index contributed by atoms with van der Waals surface area (Å²) in [6.07, 6.45) is 1.45. The molecule has 88 valence electrons. The van der Waals surface area contributed by atoms with Crippen LogP contribution in [-0.2, 0) is 6.54 Å². The van der Waals surface area contributed by atoms with E-state index in [0.717, 1.165) is 0 Å². The van der Waals surface area contributed by atoms with E-state index in [2.05, 4.69) is 20.0 Å². The monoisotopic (exact) mass is 235 g/mol. The summed E-state index contributed by atoms with van der Waals surface area (Å²) in [6.45, 7) is 0.404. The minimum atomic E-state index is -0.580. The zero-order valence-electron chi connectivity index (χ0n) is 8.66. The molecule has 2 aromatic heterocycles. The van der Waals surface area contributed by atoms with Crippen LogP contribution in [-0.4, -0.2) is 15.1 Å². The second-order valence-electron chi connectivity index (χ2n) is 3.20. The fourth-order valence-electron chi connectivity index (χ4n) is 1.23. The Morgan fingerprint density at radius 1 is 1.47 bits per heavy atom. The van der Waals surface area contributed by atoms with E-state index in [1.807, 2.05) is 0 Å². The molecule has 8 nitrogen and oxygen atoms in total. The molecule has 0 aromatic carbocycles. The lowest BCUT2D eigenvalue weighted by molar-refractivity contribution is -0.384. The van der Waals surface area contributed by atoms with E-state index in [0.29, 0.717) is 18.1 Å². The quantitative estimate of drug-likeness (QED) is 0.602. The Morgan fingerprint density at radius 3 is 2.88 bits per heavy atom. The summed E-state index contributed by atoms with van der Waals surface area (Å²) in [5.74, 6) is 0.316. The van der Waals surface area contributed by atoms with Gasteiger partial charge in [-0.15, -0.1) is 0 Å². The number of nitrogen functional groups attached to an aromatic ring is 1. The molecule has 2 heterocycles. The van der Waals surface area contributed by atoms with E-state index in [1.54, 1.807) is 6.07 Å². The Bertz CT molecular complexity index is 525. The minimum absolute atomic E-state index is 0.125. The summed E-state index contributed by atoms with van der Waals surface area (Å²) in [5.41, 5.74) is 5.93. The van der Waals surface area contributed by atoms with Crippen LogP contribution in [0.2, 0.25) is 0 Å². The van der Waals surface area contributed by atoms with Crippen LogP contribution in [0.25, 0.3) is 0 Å². The van der Waals surface area contributed by atoms with Crippen molar-refractivity contribution in [1.29, 1.82) is 0 Å². The van der Waals surface area contributed by atoms with Crippen LogP contribution in [0.3, 0.4) is 0 Å². The van der Waals surface area contributed by atoms with Crippen LogP contribution in [0, 0.1) is 10.1 Å². The van der Waals surface area contributed by atoms with Gasteiger partial charge in [0, 0.05) is 12.1 Å². The van der Waals surface area contributed by atoms with Crippen LogP contribution in [0.1, 0.15) is 5.69 Å². The molecule has 0 bridgehead atoms. The third kappa shape index (κ3) is 2.48. The number of rotatable bonds is 4. The van der Waals surface area contributed by atoms with E-state index in [4.69, 9.17) is 5.73 Å². The number of nitro groups is 1. The maximum atomic E-state index is 10.5. The van der Waals surface area contributed by atoms with Crippen molar-refractivity contribution in [2.75, 3.05) is 11.1 Å². The Labute approximate surface area is 95.6 Å². The molecule has 0 amide bonds. The average Bonchev–Trinajstić information content (AvgIpc) is 2.78. The summed E-state index contributed by atoms with van der Waals surface area (Å²) in [6, 6.07) is 4.48. The summed E-state index contributed by atoms with van der Waals surface area (Å²) >= 11 is 0. The lowest BCUT2D eigenvalue weighted by Crippen LogP contribution is -2.04. The smallest absolute Gasteiger partial charge is 0.311 e. The van der Waals surface area contributed by atoms with Crippen LogP contribution in [0.5, 0.6) is 0 Å². The van der Waals surface area contributed by atoms with Crippen molar-refractivity contribution in [3.05, 3.63) is 40.3 Å². The number of hydrogen-bond acceptors (Lipinski definition) is 7. The maximum Gasteiger partial charge on any atom is 0.311 e. The van der Waals surface area contributed by atoms with Crippen molar-refractivity contribution in [3.8, 4) is 0 Å². The van der Waals surface area contributed by atoms with E-state index in [9.17, 15) is 10.1 Å². The van der Waals surface area contributed by atoms with Gasteiger partial charge in [0.05, 0.1) is 11.5 Å². The normalized spacial score (nSPS) is 10.1. The molecule has 3 N–H and O–H groups in total. The van der Waals surface area contributed by atoms with Gasteiger partial charge in [0.15, 0.2) is 0 Å². The first kappa shape index (κ1) is 10.9. The molecule has 2 aromatic rings. The van der Waals surface area contributed by atoms with Crippen LogP contribution >= 0.6 is 0 Å². The number of anilines is 2. The molecular weight excluding hydrogens is 226 g/mol. The van der Waals surface area contributed by atoms with E-state index < -0.39 is 4.92 Å². The van der Waals surface area contributed by atoms with Gasteiger partial charge in [0.2, 0.25) is 5.82 Å². The summed E-state index contributed by atoms with van der Waals surface area (Å²) in [5, 5.41) is 17.1. The van der Waals surface area contributed by atoms with Crippen molar-refractivity contribution >= 4 is 17.3 Å². The predicted octanol–water partition coefficient (Wildman–Crippen LogP) is 1.17. The van der Waals surface area contributed by atoms with Gasteiger partial charge in [0.1, 0.15) is 17.8 Å². The largest absolute Gasteiger partial charge is 0.378 e. The molecule has 0 spiro atoms. The summed E-state index contributed by atoms with van der Waals surface area (Å²) < 4.78 is 4.65. The Morgan fingerprint density at radius 2 is 2.29 bits per heavy atom. The second-order valence-corrected chi connectivity index (χ2v) is 3.20. The number of pyridine rings is 1. The Balaban J connectivity index is 2.07. The van der Waals surface area contributed by atoms with Gasteiger partial charge in [0.25, 0.3) is 0 Å². The van der Waals surface area contributed by atoms with Gasteiger partial charge in [-0.1, -0.05) is 5.16 Å². The molecule has 0 atom stereocenters. The maximum absolute atomic E-state index is 10.5. The molecule has 0 saturated heterocycles. The third-order valence-corrected chi connectivity index (χ3v) is 2.04. The molecule has 0 aliphatic heterocycles. The molecule has 0 unspecified atom stereocenters. The predicted molar refractivity (Wildman–Crippen MR) is 59.1 cm³/mol. The van der Waals surface area contributed by atoms with Crippen molar-refractivity contribution in [2.45, 2.75) is 6.54 Å². The molecule has 17 heavy (non-hydrogen) atoms. The first-order valence-corrected chi connectivity index (χ1v) is 4.71. The second kappa shape index (κ2) is 4.47. The van der Waals surface area contributed by atoms with E-state index >= 15 is 0 Å². The van der Waals surface area contributed by atoms with Gasteiger partial charge in [-0.3, -0.25) is 10.1 Å². The van der Waals surface area contributed by atoms with Crippen LogP contribution in [0.15, 0.2) is 29.0 Å². The molecule has 0 aliphatic rings.